The van der Waals surface area contributed by atoms with E-state index in [0.29, 0.717) is 6.54 Å². The van der Waals surface area contributed by atoms with Crippen molar-refractivity contribution in [1.29, 1.82) is 0 Å². The summed E-state index contributed by atoms with van der Waals surface area (Å²) in [5.41, 5.74) is 7.78. The van der Waals surface area contributed by atoms with Gasteiger partial charge in [0.2, 0.25) is 0 Å². The van der Waals surface area contributed by atoms with Crippen LogP contribution in [0.2, 0.25) is 0 Å². The zero-order valence-corrected chi connectivity index (χ0v) is 12.2. The van der Waals surface area contributed by atoms with Gasteiger partial charge in [-0.1, -0.05) is 12.1 Å². The van der Waals surface area contributed by atoms with Crippen molar-refractivity contribution in [3.8, 4) is 0 Å². The van der Waals surface area contributed by atoms with E-state index in [-0.39, 0.29) is 0 Å². The van der Waals surface area contributed by atoms with Gasteiger partial charge < -0.3 is 10.6 Å². The van der Waals surface area contributed by atoms with E-state index in [9.17, 15) is 0 Å². The first kappa shape index (κ1) is 14.0. The number of nitrogens with two attached hydrogens (primary N) is 1. The molecule has 0 amide bonds. The Morgan fingerprint density at radius 1 is 1.00 bits per heavy atom. The summed E-state index contributed by atoms with van der Waals surface area (Å²) in [5.74, 6) is 1.07. The van der Waals surface area contributed by atoms with E-state index < -0.39 is 0 Å². The Hall–Kier alpha value is -1.98. The third-order valence-electron chi connectivity index (χ3n) is 3.85. The molecule has 0 radical (unpaired) electrons. The molecule has 1 aliphatic heterocycles. The first-order chi connectivity index (χ1) is 10.3. The van der Waals surface area contributed by atoms with E-state index in [2.05, 4.69) is 38.0 Å². The van der Waals surface area contributed by atoms with Crippen LogP contribution in [0, 0.1) is 0 Å². The molecule has 2 aromatic heterocycles. The van der Waals surface area contributed by atoms with Gasteiger partial charge in [-0.2, -0.15) is 0 Å². The van der Waals surface area contributed by atoms with Crippen LogP contribution in [0.15, 0.2) is 42.7 Å². The molecular formula is C16H21N5. The smallest absolute Gasteiger partial charge is 0.128 e. The predicted molar refractivity (Wildman–Crippen MR) is 83.9 cm³/mol. The van der Waals surface area contributed by atoms with Crippen LogP contribution in [-0.4, -0.2) is 41.0 Å². The molecule has 0 spiro atoms. The van der Waals surface area contributed by atoms with Gasteiger partial charge in [-0.15, -0.1) is 0 Å². The molecule has 0 aromatic carbocycles. The Morgan fingerprint density at radius 3 is 2.48 bits per heavy atom. The summed E-state index contributed by atoms with van der Waals surface area (Å²) in [4.78, 5) is 13.7. The van der Waals surface area contributed by atoms with Crippen LogP contribution in [-0.2, 0) is 13.1 Å². The second-order valence-corrected chi connectivity index (χ2v) is 5.31. The molecule has 5 heteroatoms. The zero-order valence-electron chi connectivity index (χ0n) is 12.2. The van der Waals surface area contributed by atoms with E-state index >= 15 is 0 Å². The summed E-state index contributed by atoms with van der Waals surface area (Å²) >= 11 is 0. The minimum atomic E-state index is 0.552. The minimum Gasteiger partial charge on any atom is -0.354 e. The van der Waals surface area contributed by atoms with Gasteiger partial charge in [-0.25, -0.2) is 4.98 Å². The Morgan fingerprint density at radius 2 is 1.86 bits per heavy atom. The lowest BCUT2D eigenvalue weighted by Gasteiger charge is -2.35. The average molecular weight is 283 g/mol. The highest BCUT2D eigenvalue weighted by Gasteiger charge is 2.18. The van der Waals surface area contributed by atoms with Gasteiger partial charge in [0, 0.05) is 51.7 Å². The van der Waals surface area contributed by atoms with Crippen molar-refractivity contribution in [2.75, 3.05) is 31.1 Å². The molecule has 0 unspecified atom stereocenters. The maximum Gasteiger partial charge on any atom is 0.128 e. The van der Waals surface area contributed by atoms with Gasteiger partial charge in [0.1, 0.15) is 5.82 Å². The number of aromatic nitrogens is 2. The number of anilines is 1. The summed E-state index contributed by atoms with van der Waals surface area (Å²) in [6.07, 6.45) is 3.73. The van der Waals surface area contributed by atoms with Crippen molar-refractivity contribution in [2.45, 2.75) is 13.1 Å². The fourth-order valence-corrected chi connectivity index (χ4v) is 2.57. The van der Waals surface area contributed by atoms with Crippen LogP contribution in [0.3, 0.4) is 0 Å². The maximum absolute atomic E-state index is 5.59. The summed E-state index contributed by atoms with van der Waals surface area (Å²) in [6.45, 7) is 5.56. The van der Waals surface area contributed by atoms with Gasteiger partial charge in [-0.3, -0.25) is 9.88 Å². The number of pyridine rings is 2. The topological polar surface area (TPSA) is 58.3 Å². The van der Waals surface area contributed by atoms with Gasteiger partial charge in [0.05, 0.1) is 5.69 Å². The van der Waals surface area contributed by atoms with Crippen LogP contribution in [0.1, 0.15) is 11.3 Å². The molecule has 1 saturated heterocycles. The molecule has 21 heavy (non-hydrogen) atoms. The lowest BCUT2D eigenvalue weighted by atomic mass is 10.2. The van der Waals surface area contributed by atoms with Gasteiger partial charge in [0.15, 0.2) is 0 Å². The second-order valence-electron chi connectivity index (χ2n) is 5.31. The first-order valence-corrected chi connectivity index (χ1v) is 7.37. The highest BCUT2D eigenvalue weighted by atomic mass is 15.3. The molecule has 2 aromatic rings. The Kier molecular flexibility index (Phi) is 4.43. The summed E-state index contributed by atoms with van der Waals surface area (Å²) in [6, 6.07) is 10.2. The highest BCUT2D eigenvalue weighted by Crippen LogP contribution is 2.13. The molecule has 110 valence electrons. The van der Waals surface area contributed by atoms with E-state index in [1.165, 1.54) is 0 Å². The van der Waals surface area contributed by atoms with Gasteiger partial charge in [-0.05, 0) is 23.8 Å². The van der Waals surface area contributed by atoms with Crippen LogP contribution in [0.5, 0.6) is 0 Å². The summed E-state index contributed by atoms with van der Waals surface area (Å²) in [5, 5.41) is 0. The Balaban J connectivity index is 1.53. The molecule has 3 rings (SSSR count). The van der Waals surface area contributed by atoms with E-state index in [4.69, 9.17) is 5.73 Å². The van der Waals surface area contributed by atoms with Gasteiger partial charge in [0.25, 0.3) is 0 Å². The molecule has 0 bridgehead atoms. The average Bonchev–Trinajstić information content (AvgIpc) is 2.57. The van der Waals surface area contributed by atoms with Crippen LogP contribution in [0.25, 0.3) is 0 Å². The molecule has 0 aliphatic carbocycles. The number of hydrogen-bond acceptors (Lipinski definition) is 5. The van der Waals surface area contributed by atoms with E-state index in [0.717, 1.165) is 49.8 Å². The van der Waals surface area contributed by atoms with E-state index in [1.54, 1.807) is 0 Å². The molecular weight excluding hydrogens is 262 g/mol. The molecule has 2 N–H and O–H groups in total. The van der Waals surface area contributed by atoms with Crippen molar-refractivity contribution in [3.63, 3.8) is 0 Å². The fourth-order valence-electron chi connectivity index (χ4n) is 2.57. The SMILES string of the molecule is NCc1ccc(CN2CCN(c3ccccn3)CC2)nc1. The highest BCUT2D eigenvalue weighted by molar-refractivity contribution is 5.38. The maximum atomic E-state index is 5.59. The van der Waals surface area contributed by atoms with Crippen LogP contribution in [0.4, 0.5) is 5.82 Å². The minimum absolute atomic E-state index is 0.552. The Labute approximate surface area is 125 Å². The first-order valence-electron chi connectivity index (χ1n) is 7.37. The quantitative estimate of drug-likeness (QED) is 0.915. The normalized spacial score (nSPS) is 16.1. The van der Waals surface area contributed by atoms with Crippen molar-refractivity contribution in [2.24, 2.45) is 5.73 Å². The lowest BCUT2D eigenvalue weighted by Crippen LogP contribution is -2.46. The van der Waals surface area contributed by atoms with Crippen molar-refractivity contribution in [1.82, 2.24) is 14.9 Å². The van der Waals surface area contributed by atoms with E-state index in [1.807, 2.05) is 24.5 Å². The molecule has 0 saturated carbocycles. The number of rotatable bonds is 4. The lowest BCUT2D eigenvalue weighted by molar-refractivity contribution is 0.246. The Bertz CT molecular complexity index is 547. The molecule has 1 aliphatic rings. The van der Waals surface area contributed by atoms with Crippen molar-refractivity contribution < 1.29 is 0 Å². The molecule has 0 atom stereocenters. The standard InChI is InChI=1S/C16H21N5/c17-11-14-4-5-15(19-12-14)13-20-7-9-21(10-8-20)16-3-1-2-6-18-16/h1-6,12H,7-11,13,17H2. The molecule has 3 heterocycles. The largest absolute Gasteiger partial charge is 0.354 e. The molecule has 5 nitrogen and oxygen atoms in total. The van der Waals surface area contributed by atoms with Crippen LogP contribution >= 0.6 is 0 Å². The summed E-state index contributed by atoms with van der Waals surface area (Å²) in [7, 11) is 0. The predicted octanol–water partition coefficient (Wildman–Crippen LogP) is 1.26. The fraction of sp³-hybridized carbons (Fsp3) is 0.375. The zero-order chi connectivity index (χ0) is 14.5. The molecule has 1 fully saturated rings. The third-order valence-corrected chi connectivity index (χ3v) is 3.85. The van der Waals surface area contributed by atoms with Crippen molar-refractivity contribution in [3.05, 3.63) is 54.0 Å². The number of piperazine rings is 1. The second kappa shape index (κ2) is 6.65. The number of nitrogens with zero attached hydrogens (tertiary/aromatic N) is 4. The van der Waals surface area contributed by atoms with Gasteiger partial charge >= 0.3 is 0 Å². The summed E-state index contributed by atoms with van der Waals surface area (Å²) < 4.78 is 0. The monoisotopic (exact) mass is 283 g/mol. The van der Waals surface area contributed by atoms with Crippen LogP contribution < -0.4 is 10.6 Å². The number of hydrogen-bond donors (Lipinski definition) is 1. The third kappa shape index (κ3) is 3.56. The van der Waals surface area contributed by atoms with Crippen molar-refractivity contribution >= 4 is 5.82 Å².